The number of piperidine rings is 1. The van der Waals surface area contributed by atoms with Gasteiger partial charge in [0.1, 0.15) is 17.7 Å². The van der Waals surface area contributed by atoms with Crippen LogP contribution in [0.4, 0.5) is 10.7 Å². The Morgan fingerprint density at radius 1 is 1.17 bits per heavy atom. The molecule has 0 bridgehead atoms. The lowest BCUT2D eigenvalue weighted by molar-refractivity contribution is 0.0499. The second-order valence-electron chi connectivity index (χ2n) is 10.9. The summed E-state index contributed by atoms with van der Waals surface area (Å²) in [6.45, 7) is 8.27. The van der Waals surface area contributed by atoms with E-state index in [4.69, 9.17) is 9.72 Å². The molecule has 1 aromatic carbocycles. The summed E-state index contributed by atoms with van der Waals surface area (Å²) < 4.78 is 9.54. The number of rotatable bonds is 5. The molecule has 1 amide bonds. The molecule has 12 nitrogen and oxygen atoms in total. The molecule has 1 fully saturated rings. The fourth-order valence-corrected chi connectivity index (χ4v) is 4.86. The molecule has 3 aromatic rings. The molecular formula is C29H32N8O4. The van der Waals surface area contributed by atoms with Gasteiger partial charge in [-0.25, -0.2) is 9.59 Å². The summed E-state index contributed by atoms with van der Waals surface area (Å²) in [5.41, 5.74) is -0.357. The number of carbonyl (C=O) groups excluding carboxylic acids is 1. The van der Waals surface area contributed by atoms with E-state index in [0.29, 0.717) is 24.6 Å². The molecule has 12 heteroatoms. The number of hydrogen-bond donors (Lipinski definition) is 1. The van der Waals surface area contributed by atoms with Crippen LogP contribution in [0.25, 0.3) is 11.2 Å². The van der Waals surface area contributed by atoms with Crippen LogP contribution in [0.5, 0.6) is 0 Å². The number of benzene rings is 1. The van der Waals surface area contributed by atoms with Crippen LogP contribution in [-0.4, -0.2) is 49.5 Å². The van der Waals surface area contributed by atoms with Gasteiger partial charge in [0.2, 0.25) is 5.95 Å². The molecule has 0 radical (unpaired) electrons. The quantitative estimate of drug-likeness (QED) is 0.470. The third-order valence-electron chi connectivity index (χ3n) is 6.72. The van der Waals surface area contributed by atoms with Crippen LogP contribution in [0.1, 0.15) is 57.2 Å². The van der Waals surface area contributed by atoms with Crippen LogP contribution in [0, 0.1) is 34.5 Å². The van der Waals surface area contributed by atoms with E-state index < -0.39 is 22.9 Å². The largest absolute Gasteiger partial charge is 0.444 e. The topological polar surface area (TPSA) is 151 Å². The first-order chi connectivity index (χ1) is 19.5. The third-order valence-corrected chi connectivity index (χ3v) is 6.72. The summed E-state index contributed by atoms with van der Waals surface area (Å²) >= 11 is 0. The van der Waals surface area contributed by atoms with Crippen LogP contribution >= 0.6 is 0 Å². The van der Waals surface area contributed by atoms with Gasteiger partial charge in [-0.3, -0.25) is 18.5 Å². The van der Waals surface area contributed by atoms with Crippen LogP contribution in [0.15, 0.2) is 27.8 Å². The molecule has 0 aliphatic carbocycles. The van der Waals surface area contributed by atoms with E-state index in [9.17, 15) is 24.9 Å². The van der Waals surface area contributed by atoms with Gasteiger partial charge in [0.05, 0.1) is 24.2 Å². The van der Waals surface area contributed by atoms with E-state index in [0.717, 1.165) is 17.4 Å². The molecule has 1 N–H and O–H groups in total. The number of alkyl carbamates (subject to hydrolysis) is 1. The zero-order valence-corrected chi connectivity index (χ0v) is 23.8. The predicted octanol–water partition coefficient (Wildman–Crippen LogP) is 2.21. The molecule has 41 heavy (non-hydrogen) atoms. The number of ether oxygens (including phenoxy) is 1. The molecular weight excluding hydrogens is 524 g/mol. The van der Waals surface area contributed by atoms with Gasteiger partial charge in [-0.05, 0) is 58.2 Å². The summed E-state index contributed by atoms with van der Waals surface area (Å²) in [7, 11) is 1.55. The molecule has 1 aliphatic rings. The lowest BCUT2D eigenvalue weighted by Crippen LogP contribution is -2.49. The van der Waals surface area contributed by atoms with Crippen molar-refractivity contribution < 1.29 is 9.53 Å². The summed E-state index contributed by atoms with van der Waals surface area (Å²) in [6.07, 6.45) is 1.03. The predicted molar refractivity (Wildman–Crippen MR) is 152 cm³/mol. The highest BCUT2D eigenvalue weighted by molar-refractivity contribution is 5.75. The van der Waals surface area contributed by atoms with E-state index >= 15 is 0 Å². The Morgan fingerprint density at radius 3 is 2.56 bits per heavy atom. The maximum atomic E-state index is 13.8. The summed E-state index contributed by atoms with van der Waals surface area (Å²) in [5, 5.41) is 21.6. The second-order valence-corrected chi connectivity index (χ2v) is 10.9. The number of nitrogens with zero attached hydrogens (tertiary/aromatic N) is 7. The molecule has 0 saturated carbocycles. The number of aromatic nitrogens is 4. The van der Waals surface area contributed by atoms with Crippen LogP contribution in [0.2, 0.25) is 0 Å². The maximum Gasteiger partial charge on any atom is 0.407 e. The average molecular weight is 557 g/mol. The number of aryl methyl sites for hydroxylation is 1. The van der Waals surface area contributed by atoms with E-state index in [1.165, 1.54) is 16.7 Å². The van der Waals surface area contributed by atoms with E-state index in [2.05, 4.69) is 17.2 Å². The first kappa shape index (κ1) is 29.0. The highest BCUT2D eigenvalue weighted by Crippen LogP contribution is 2.24. The Hall–Kier alpha value is -5.02. The minimum absolute atomic E-state index is 0.0899. The zero-order valence-electron chi connectivity index (χ0n) is 23.8. The fourth-order valence-electron chi connectivity index (χ4n) is 4.86. The molecule has 2 aromatic heterocycles. The Bertz CT molecular complexity index is 1770. The summed E-state index contributed by atoms with van der Waals surface area (Å²) in [5.74, 6) is 6.34. The van der Waals surface area contributed by atoms with Gasteiger partial charge >= 0.3 is 11.8 Å². The first-order valence-electron chi connectivity index (χ1n) is 13.2. The number of amides is 1. The number of imidazole rings is 1. The van der Waals surface area contributed by atoms with Crippen LogP contribution < -0.4 is 21.5 Å². The minimum atomic E-state index is -0.621. The summed E-state index contributed by atoms with van der Waals surface area (Å²) in [4.78, 5) is 46.3. The van der Waals surface area contributed by atoms with Crippen molar-refractivity contribution in [2.45, 2.75) is 65.3 Å². The number of hydrogen-bond acceptors (Lipinski definition) is 8. The maximum absolute atomic E-state index is 13.8. The van der Waals surface area contributed by atoms with Gasteiger partial charge in [-0.15, -0.1) is 5.92 Å². The van der Waals surface area contributed by atoms with Crippen molar-refractivity contribution in [3.8, 4) is 24.0 Å². The Kier molecular flexibility index (Phi) is 8.21. The molecule has 212 valence electrons. The third kappa shape index (κ3) is 6.10. The van der Waals surface area contributed by atoms with Crippen LogP contribution in [0.3, 0.4) is 0 Å². The van der Waals surface area contributed by atoms with Crippen molar-refractivity contribution in [3.63, 3.8) is 0 Å². The highest BCUT2D eigenvalue weighted by atomic mass is 16.6. The molecule has 1 aliphatic heterocycles. The van der Waals surface area contributed by atoms with Crippen molar-refractivity contribution in [1.82, 2.24) is 24.0 Å². The highest BCUT2D eigenvalue weighted by Gasteiger charge is 2.29. The van der Waals surface area contributed by atoms with Gasteiger partial charge in [0.15, 0.2) is 11.2 Å². The lowest BCUT2D eigenvalue weighted by Gasteiger charge is -2.34. The number of carbonyl (C=O) groups is 1. The van der Waals surface area contributed by atoms with E-state index in [1.807, 2.05) is 17.0 Å². The second kappa shape index (κ2) is 11.6. The summed E-state index contributed by atoms with van der Waals surface area (Å²) in [6, 6.07) is 8.36. The monoisotopic (exact) mass is 556 g/mol. The van der Waals surface area contributed by atoms with Crippen LogP contribution in [-0.2, 0) is 24.9 Å². The van der Waals surface area contributed by atoms with Crippen molar-refractivity contribution in [3.05, 3.63) is 55.7 Å². The Labute approximate surface area is 237 Å². The average Bonchev–Trinajstić information content (AvgIpc) is 3.31. The van der Waals surface area contributed by atoms with Crippen molar-refractivity contribution >= 4 is 23.2 Å². The molecule has 0 unspecified atom stereocenters. The molecule has 0 spiro atoms. The van der Waals surface area contributed by atoms with Gasteiger partial charge in [-0.2, -0.15) is 15.5 Å². The van der Waals surface area contributed by atoms with Gasteiger partial charge in [-0.1, -0.05) is 12.0 Å². The van der Waals surface area contributed by atoms with E-state index in [-0.39, 0.29) is 41.4 Å². The number of nitrogens with one attached hydrogen (secondary N) is 1. The number of nitriles is 2. The smallest absolute Gasteiger partial charge is 0.407 e. The first-order valence-corrected chi connectivity index (χ1v) is 13.2. The standard InChI is InChI=1S/C29H32N8O4/c1-6-7-13-36-23-24(33-26(36)35-12-8-9-22(18-35)32-27(39)41-29(2,3)4)34(5)28(40)37(25(23)38)17-19-10-11-20(15-30)21(14-19)16-31/h10-11,14,22H,8-9,12-13,17-18H2,1-5H3,(H,32,39)/t22-/m1/s1. The molecule has 4 rings (SSSR count). The molecule has 3 heterocycles. The SMILES string of the molecule is CC#CCn1c(N2CCC[C@@H](NC(=O)OC(C)(C)C)C2)nc2c1c(=O)n(Cc1ccc(C#N)c(C#N)c1)c(=O)n2C. The minimum Gasteiger partial charge on any atom is -0.444 e. The van der Waals surface area contributed by atoms with Gasteiger partial charge in [0, 0.05) is 26.2 Å². The Balaban J connectivity index is 1.77. The fraction of sp³-hybridized carbons (Fsp3) is 0.448. The van der Waals surface area contributed by atoms with Gasteiger partial charge < -0.3 is 15.0 Å². The molecule has 1 atom stereocenters. The molecule has 1 saturated heterocycles. The Morgan fingerprint density at radius 2 is 1.90 bits per heavy atom. The number of fused-ring (bicyclic) bond motifs is 1. The number of anilines is 1. The van der Waals surface area contributed by atoms with E-state index in [1.54, 1.807) is 45.4 Å². The van der Waals surface area contributed by atoms with Crippen molar-refractivity contribution in [1.29, 1.82) is 10.5 Å². The normalized spacial score (nSPS) is 15.0. The van der Waals surface area contributed by atoms with Gasteiger partial charge in [0.25, 0.3) is 5.56 Å². The van der Waals surface area contributed by atoms with Crippen molar-refractivity contribution in [2.75, 3.05) is 18.0 Å². The van der Waals surface area contributed by atoms with Crippen molar-refractivity contribution in [2.24, 2.45) is 7.05 Å². The zero-order chi connectivity index (χ0) is 29.9. The lowest BCUT2D eigenvalue weighted by atomic mass is 10.1.